The number of amides is 1. The third-order valence-corrected chi connectivity index (χ3v) is 4.91. The Balaban J connectivity index is 1.68. The Morgan fingerprint density at radius 3 is 1.10 bits per heavy atom. The van der Waals surface area contributed by atoms with Crippen LogP contribution < -0.4 is 15.8 Å². The van der Waals surface area contributed by atoms with Gasteiger partial charge in [0.2, 0.25) is 5.91 Å². The fourth-order valence-electron chi connectivity index (χ4n) is 3.00. The molecule has 0 saturated carbocycles. The van der Waals surface area contributed by atoms with Crippen molar-refractivity contribution >= 4 is 11.6 Å². The maximum Gasteiger partial charge on any atom is 0.221 e. The first-order valence-electron chi connectivity index (χ1n) is 14.1. The van der Waals surface area contributed by atoms with Crippen molar-refractivity contribution in [2.45, 2.75) is 6.92 Å². The summed E-state index contributed by atoms with van der Waals surface area (Å²) < 4.78 is 54.3. The van der Waals surface area contributed by atoms with Crippen LogP contribution in [0.25, 0.3) is 0 Å². The largest absolute Gasteiger partial charge is 0.491 e. The molecule has 13 heteroatoms. The summed E-state index contributed by atoms with van der Waals surface area (Å²) in [5.74, 6) is 0.611. The van der Waals surface area contributed by atoms with E-state index in [0.29, 0.717) is 132 Å². The van der Waals surface area contributed by atoms with Crippen LogP contribution in [0.4, 0.5) is 5.69 Å². The summed E-state index contributed by atoms with van der Waals surface area (Å²) in [6, 6.07) is 7.17. The lowest BCUT2D eigenvalue weighted by Crippen LogP contribution is -2.15. The van der Waals surface area contributed by atoms with E-state index in [1.807, 2.05) is 0 Å². The Morgan fingerprint density at radius 2 is 0.805 bits per heavy atom. The van der Waals surface area contributed by atoms with Gasteiger partial charge in [-0.25, -0.2) is 0 Å². The van der Waals surface area contributed by atoms with Crippen molar-refractivity contribution < 1.29 is 52.2 Å². The van der Waals surface area contributed by atoms with Gasteiger partial charge in [0.05, 0.1) is 119 Å². The standard InChI is InChI=1S/C28H50N2O11/c1-26(31)30-27-2-4-28(5-3-27)41-25-24-40-23-22-39-21-20-38-19-18-37-17-16-36-15-14-35-13-12-34-11-10-33-9-8-32-7-6-29/h2-5H,6-25,29H2,1H3,(H,30,31). The maximum atomic E-state index is 11.0. The molecule has 1 rings (SSSR count). The SMILES string of the molecule is CC(=O)Nc1ccc(OCCOCCOCCOCCOCCOCCOCCOCCOCCOCCN)cc1. The molecule has 0 heterocycles. The van der Waals surface area contributed by atoms with Gasteiger partial charge in [-0.2, -0.15) is 0 Å². The Labute approximate surface area is 244 Å². The monoisotopic (exact) mass is 590 g/mol. The molecule has 0 radical (unpaired) electrons. The number of carbonyl (C=O) groups excluding carboxylic acids is 1. The van der Waals surface area contributed by atoms with E-state index in [1.54, 1.807) is 24.3 Å². The second-order valence-corrected chi connectivity index (χ2v) is 8.35. The van der Waals surface area contributed by atoms with E-state index in [9.17, 15) is 4.79 Å². The highest BCUT2D eigenvalue weighted by molar-refractivity contribution is 5.88. The molecule has 0 bridgehead atoms. The maximum absolute atomic E-state index is 11.0. The van der Waals surface area contributed by atoms with Gasteiger partial charge in [-0.1, -0.05) is 0 Å². The third-order valence-electron chi connectivity index (χ3n) is 4.91. The van der Waals surface area contributed by atoms with Crippen LogP contribution in [-0.2, 0) is 47.4 Å². The van der Waals surface area contributed by atoms with Gasteiger partial charge in [-0.05, 0) is 24.3 Å². The fraction of sp³-hybridized carbons (Fsp3) is 0.750. The summed E-state index contributed by atoms with van der Waals surface area (Å²) in [6.07, 6.45) is 0. The van der Waals surface area contributed by atoms with Crippen LogP contribution in [0.5, 0.6) is 5.75 Å². The molecule has 3 N–H and O–H groups in total. The zero-order valence-electron chi connectivity index (χ0n) is 24.5. The number of carbonyl (C=O) groups is 1. The zero-order chi connectivity index (χ0) is 29.5. The van der Waals surface area contributed by atoms with Crippen LogP contribution in [0.3, 0.4) is 0 Å². The van der Waals surface area contributed by atoms with Crippen molar-refractivity contribution in [3.05, 3.63) is 24.3 Å². The molecule has 0 spiro atoms. The molecule has 0 saturated heterocycles. The second kappa shape index (κ2) is 29.6. The first-order valence-corrected chi connectivity index (χ1v) is 14.1. The average molecular weight is 591 g/mol. The number of benzene rings is 1. The third kappa shape index (κ3) is 26.7. The quantitative estimate of drug-likeness (QED) is 0.120. The molecule has 0 unspecified atom stereocenters. The lowest BCUT2D eigenvalue weighted by molar-refractivity contribution is -0.114. The highest BCUT2D eigenvalue weighted by atomic mass is 16.6. The summed E-state index contributed by atoms with van der Waals surface area (Å²) in [5, 5.41) is 2.71. The average Bonchev–Trinajstić information content (AvgIpc) is 2.97. The second-order valence-electron chi connectivity index (χ2n) is 8.35. The Kier molecular flexibility index (Phi) is 26.8. The number of hydrogen-bond acceptors (Lipinski definition) is 12. The van der Waals surface area contributed by atoms with Gasteiger partial charge in [0.1, 0.15) is 12.4 Å². The zero-order valence-corrected chi connectivity index (χ0v) is 24.5. The number of hydrogen-bond donors (Lipinski definition) is 2. The summed E-state index contributed by atoms with van der Waals surface area (Å²) >= 11 is 0. The van der Waals surface area contributed by atoms with Gasteiger partial charge in [0.15, 0.2) is 0 Å². The van der Waals surface area contributed by atoms with E-state index in [4.69, 9.17) is 53.1 Å². The first kappa shape index (κ1) is 37.1. The van der Waals surface area contributed by atoms with Gasteiger partial charge < -0.3 is 58.4 Å². The Bertz CT molecular complexity index is 698. The van der Waals surface area contributed by atoms with Crippen molar-refractivity contribution in [3.8, 4) is 5.75 Å². The lowest BCUT2D eigenvalue weighted by Gasteiger charge is -2.09. The van der Waals surface area contributed by atoms with Crippen molar-refractivity contribution in [2.24, 2.45) is 5.73 Å². The molecule has 0 aliphatic carbocycles. The molecule has 238 valence electrons. The van der Waals surface area contributed by atoms with Crippen molar-refractivity contribution in [1.29, 1.82) is 0 Å². The van der Waals surface area contributed by atoms with E-state index < -0.39 is 0 Å². The first-order chi connectivity index (χ1) is 20.2. The van der Waals surface area contributed by atoms with Crippen LogP contribution in [0.15, 0.2) is 24.3 Å². The van der Waals surface area contributed by atoms with Gasteiger partial charge in [-0.15, -0.1) is 0 Å². The molecule has 1 aromatic carbocycles. The predicted octanol–water partition coefficient (Wildman–Crippen LogP) is 1.13. The van der Waals surface area contributed by atoms with Gasteiger partial charge in [0.25, 0.3) is 0 Å². The molecule has 41 heavy (non-hydrogen) atoms. The van der Waals surface area contributed by atoms with Gasteiger partial charge >= 0.3 is 0 Å². The van der Waals surface area contributed by atoms with E-state index in [0.717, 1.165) is 11.4 Å². The van der Waals surface area contributed by atoms with E-state index >= 15 is 0 Å². The summed E-state index contributed by atoms with van der Waals surface area (Å²) in [5.41, 5.74) is 6.06. The molecular formula is C28H50N2O11. The topological polar surface area (TPSA) is 147 Å². The van der Waals surface area contributed by atoms with E-state index in [1.165, 1.54) is 6.92 Å². The molecule has 13 nitrogen and oxygen atoms in total. The number of anilines is 1. The minimum Gasteiger partial charge on any atom is -0.491 e. The predicted molar refractivity (Wildman–Crippen MR) is 153 cm³/mol. The Hall–Kier alpha value is -1.91. The highest BCUT2D eigenvalue weighted by Gasteiger charge is 1.98. The molecule has 0 fully saturated rings. The summed E-state index contributed by atoms with van der Waals surface area (Å²) in [4.78, 5) is 11.0. The minimum absolute atomic E-state index is 0.107. The summed E-state index contributed by atoms with van der Waals surface area (Å²) in [7, 11) is 0. The normalized spacial score (nSPS) is 11.2. The Morgan fingerprint density at radius 1 is 0.512 bits per heavy atom. The number of nitrogens with one attached hydrogen (secondary N) is 1. The molecule has 0 atom stereocenters. The highest BCUT2D eigenvalue weighted by Crippen LogP contribution is 2.15. The van der Waals surface area contributed by atoms with Crippen molar-refractivity contribution in [2.75, 3.05) is 137 Å². The molecule has 0 aliphatic rings. The number of rotatable bonds is 31. The van der Waals surface area contributed by atoms with E-state index in [-0.39, 0.29) is 5.91 Å². The van der Waals surface area contributed by atoms with Crippen LogP contribution in [0.2, 0.25) is 0 Å². The van der Waals surface area contributed by atoms with Crippen LogP contribution in [-0.4, -0.2) is 138 Å². The molecule has 0 aromatic heterocycles. The lowest BCUT2D eigenvalue weighted by atomic mass is 10.3. The summed E-state index contributed by atoms with van der Waals surface area (Å²) in [6.45, 7) is 11.6. The van der Waals surface area contributed by atoms with Crippen molar-refractivity contribution in [1.82, 2.24) is 0 Å². The minimum atomic E-state index is -0.107. The van der Waals surface area contributed by atoms with Gasteiger partial charge in [0, 0.05) is 19.2 Å². The van der Waals surface area contributed by atoms with Crippen LogP contribution >= 0.6 is 0 Å². The molecule has 0 aliphatic heterocycles. The number of ether oxygens (including phenoxy) is 10. The van der Waals surface area contributed by atoms with Gasteiger partial charge in [-0.3, -0.25) is 4.79 Å². The molecule has 1 aromatic rings. The van der Waals surface area contributed by atoms with E-state index in [2.05, 4.69) is 5.32 Å². The smallest absolute Gasteiger partial charge is 0.221 e. The van der Waals surface area contributed by atoms with Crippen molar-refractivity contribution in [3.63, 3.8) is 0 Å². The molecular weight excluding hydrogens is 540 g/mol. The van der Waals surface area contributed by atoms with Crippen LogP contribution in [0, 0.1) is 0 Å². The number of nitrogens with two attached hydrogens (primary N) is 1. The fourth-order valence-corrected chi connectivity index (χ4v) is 3.00. The van der Waals surface area contributed by atoms with Crippen LogP contribution in [0.1, 0.15) is 6.92 Å². The molecule has 1 amide bonds.